The van der Waals surface area contributed by atoms with E-state index in [0.717, 1.165) is 12.2 Å². The van der Waals surface area contributed by atoms with Crippen molar-refractivity contribution in [1.29, 1.82) is 0 Å². The molecule has 0 saturated carbocycles. The molecular formula is C13H19N3O2. The van der Waals surface area contributed by atoms with E-state index in [4.69, 9.17) is 5.11 Å². The molecule has 0 aliphatic carbocycles. The lowest BCUT2D eigenvalue weighted by Crippen LogP contribution is -2.58. The highest BCUT2D eigenvalue weighted by Crippen LogP contribution is 2.14. The number of rotatable bonds is 4. The van der Waals surface area contributed by atoms with E-state index in [-0.39, 0.29) is 24.6 Å². The molecule has 0 aromatic carbocycles. The van der Waals surface area contributed by atoms with Gasteiger partial charge in [0.1, 0.15) is 0 Å². The van der Waals surface area contributed by atoms with E-state index in [1.165, 1.54) is 0 Å². The van der Waals surface area contributed by atoms with Gasteiger partial charge in [-0.15, -0.1) is 0 Å². The summed E-state index contributed by atoms with van der Waals surface area (Å²) in [6.07, 6.45) is 2.22. The van der Waals surface area contributed by atoms with Gasteiger partial charge in [-0.1, -0.05) is 6.07 Å². The molecule has 1 aromatic heterocycles. The van der Waals surface area contributed by atoms with Gasteiger partial charge in [-0.05, 0) is 25.5 Å². The zero-order valence-electron chi connectivity index (χ0n) is 10.5. The van der Waals surface area contributed by atoms with Crippen LogP contribution in [0.3, 0.4) is 0 Å². The number of hydrogen-bond donors (Lipinski definition) is 2. The number of aliphatic hydroxyl groups excluding tert-OH is 1. The van der Waals surface area contributed by atoms with E-state index in [2.05, 4.69) is 15.2 Å². The first kappa shape index (κ1) is 13.0. The van der Waals surface area contributed by atoms with Gasteiger partial charge in [-0.25, -0.2) is 0 Å². The summed E-state index contributed by atoms with van der Waals surface area (Å²) in [5.41, 5.74) is 0.947. The Kier molecular flexibility index (Phi) is 4.28. The lowest BCUT2D eigenvalue weighted by molar-refractivity contribution is -0.131. The van der Waals surface area contributed by atoms with E-state index in [1.807, 2.05) is 25.1 Å². The molecule has 0 spiro atoms. The zero-order chi connectivity index (χ0) is 13.0. The summed E-state index contributed by atoms with van der Waals surface area (Å²) in [4.78, 5) is 18.3. The van der Waals surface area contributed by atoms with Crippen molar-refractivity contribution in [2.75, 3.05) is 13.2 Å². The second kappa shape index (κ2) is 5.93. The molecule has 2 N–H and O–H groups in total. The van der Waals surface area contributed by atoms with Crippen LogP contribution in [0.1, 0.15) is 19.0 Å². The predicted octanol–water partition coefficient (Wildman–Crippen LogP) is 0.153. The Morgan fingerprint density at radius 3 is 3.06 bits per heavy atom. The Bertz CT molecular complexity index is 396. The van der Waals surface area contributed by atoms with Gasteiger partial charge < -0.3 is 10.4 Å². The molecule has 1 amide bonds. The molecule has 18 heavy (non-hydrogen) atoms. The molecule has 1 aliphatic heterocycles. The molecule has 2 heterocycles. The number of carbonyl (C=O) groups is 1. The topological polar surface area (TPSA) is 65.5 Å². The lowest BCUT2D eigenvalue weighted by atomic mass is 10.1. The summed E-state index contributed by atoms with van der Waals surface area (Å²) in [5.74, 6) is -0.00117. The van der Waals surface area contributed by atoms with Gasteiger partial charge in [0.05, 0.1) is 11.7 Å². The molecule has 5 nitrogen and oxygen atoms in total. The first-order valence-corrected chi connectivity index (χ1v) is 6.26. The molecular weight excluding hydrogens is 230 g/mol. The van der Waals surface area contributed by atoms with Crippen molar-refractivity contribution < 1.29 is 9.90 Å². The van der Waals surface area contributed by atoms with Gasteiger partial charge in [0.15, 0.2) is 0 Å². The molecule has 2 unspecified atom stereocenters. The van der Waals surface area contributed by atoms with E-state index < -0.39 is 0 Å². The Morgan fingerprint density at radius 1 is 1.56 bits per heavy atom. The summed E-state index contributed by atoms with van der Waals surface area (Å²) in [5, 5.41) is 12.0. The number of nitrogens with zero attached hydrogens (tertiary/aromatic N) is 2. The van der Waals surface area contributed by atoms with Crippen molar-refractivity contribution in [3.05, 3.63) is 30.1 Å². The van der Waals surface area contributed by atoms with Crippen molar-refractivity contribution in [2.24, 2.45) is 0 Å². The van der Waals surface area contributed by atoms with E-state index >= 15 is 0 Å². The highest BCUT2D eigenvalue weighted by molar-refractivity contribution is 5.82. The maximum atomic E-state index is 11.9. The second-order valence-corrected chi connectivity index (χ2v) is 4.69. The van der Waals surface area contributed by atoms with Gasteiger partial charge >= 0.3 is 0 Å². The minimum atomic E-state index is -0.256. The fourth-order valence-electron chi connectivity index (χ4n) is 2.34. The smallest absolute Gasteiger partial charge is 0.237 e. The molecule has 2 atom stereocenters. The van der Waals surface area contributed by atoms with Crippen LogP contribution in [0.5, 0.6) is 0 Å². The van der Waals surface area contributed by atoms with Gasteiger partial charge in [-0.2, -0.15) is 0 Å². The van der Waals surface area contributed by atoms with Crippen LogP contribution in [0.4, 0.5) is 0 Å². The number of amides is 1. The summed E-state index contributed by atoms with van der Waals surface area (Å²) in [7, 11) is 0. The zero-order valence-corrected chi connectivity index (χ0v) is 10.5. The molecule has 0 bridgehead atoms. The maximum absolute atomic E-state index is 11.9. The van der Waals surface area contributed by atoms with Crippen LogP contribution in [-0.4, -0.2) is 46.1 Å². The first-order valence-electron chi connectivity index (χ1n) is 6.26. The lowest BCUT2D eigenvalue weighted by Gasteiger charge is -2.37. The van der Waals surface area contributed by atoms with Crippen LogP contribution < -0.4 is 5.32 Å². The maximum Gasteiger partial charge on any atom is 0.237 e. The number of aromatic nitrogens is 1. The largest absolute Gasteiger partial charge is 0.396 e. The van der Waals surface area contributed by atoms with Crippen molar-refractivity contribution in [3.63, 3.8) is 0 Å². The normalized spacial score (nSPS) is 24.9. The molecule has 1 saturated heterocycles. The van der Waals surface area contributed by atoms with Crippen LogP contribution in [0.25, 0.3) is 0 Å². The fraction of sp³-hybridized carbons (Fsp3) is 0.538. The molecule has 1 aliphatic rings. The minimum absolute atomic E-state index is 0.00117. The third-order valence-corrected chi connectivity index (χ3v) is 3.13. The molecule has 0 radical (unpaired) electrons. The van der Waals surface area contributed by atoms with Crippen LogP contribution in [-0.2, 0) is 11.3 Å². The third-order valence-electron chi connectivity index (χ3n) is 3.13. The van der Waals surface area contributed by atoms with Crippen molar-refractivity contribution in [1.82, 2.24) is 15.2 Å². The average Bonchev–Trinajstić information content (AvgIpc) is 2.35. The van der Waals surface area contributed by atoms with Gasteiger partial charge in [0.25, 0.3) is 0 Å². The van der Waals surface area contributed by atoms with Crippen molar-refractivity contribution >= 4 is 5.91 Å². The summed E-state index contributed by atoms with van der Waals surface area (Å²) < 4.78 is 0. The van der Waals surface area contributed by atoms with Crippen LogP contribution in [0, 0.1) is 0 Å². The van der Waals surface area contributed by atoms with Gasteiger partial charge in [0, 0.05) is 31.9 Å². The quantitative estimate of drug-likeness (QED) is 0.797. The Morgan fingerprint density at radius 2 is 2.39 bits per heavy atom. The highest BCUT2D eigenvalue weighted by Gasteiger charge is 2.32. The van der Waals surface area contributed by atoms with E-state index in [0.29, 0.717) is 13.0 Å². The minimum Gasteiger partial charge on any atom is -0.396 e. The molecule has 98 valence electrons. The van der Waals surface area contributed by atoms with Crippen molar-refractivity contribution in [3.8, 4) is 0 Å². The first-order chi connectivity index (χ1) is 8.70. The number of pyridine rings is 1. The Labute approximate surface area is 107 Å². The number of carbonyl (C=O) groups excluding carboxylic acids is 1. The number of piperazine rings is 1. The second-order valence-electron chi connectivity index (χ2n) is 4.69. The van der Waals surface area contributed by atoms with Gasteiger partial charge in [0.2, 0.25) is 5.91 Å². The molecule has 5 heteroatoms. The number of aliphatic hydroxyl groups is 1. The molecule has 2 rings (SSSR count). The van der Waals surface area contributed by atoms with Crippen LogP contribution in [0.2, 0.25) is 0 Å². The molecule has 1 aromatic rings. The summed E-state index contributed by atoms with van der Waals surface area (Å²) in [6.45, 7) is 3.43. The fourth-order valence-corrected chi connectivity index (χ4v) is 2.34. The summed E-state index contributed by atoms with van der Waals surface area (Å²) in [6, 6.07) is 5.65. The highest BCUT2D eigenvalue weighted by atomic mass is 16.3. The van der Waals surface area contributed by atoms with Crippen molar-refractivity contribution in [2.45, 2.75) is 32.0 Å². The van der Waals surface area contributed by atoms with Crippen LogP contribution >= 0.6 is 0 Å². The van der Waals surface area contributed by atoms with E-state index in [9.17, 15) is 4.79 Å². The number of nitrogens with one attached hydrogen (secondary N) is 1. The van der Waals surface area contributed by atoms with Crippen LogP contribution in [0.15, 0.2) is 24.4 Å². The average molecular weight is 249 g/mol. The number of hydrogen-bond acceptors (Lipinski definition) is 4. The Hall–Kier alpha value is -1.46. The predicted molar refractivity (Wildman–Crippen MR) is 67.7 cm³/mol. The molecule has 1 fully saturated rings. The SMILES string of the molecule is CC1CN(Cc2ccccn2)C(CCO)C(=O)N1. The Balaban J connectivity index is 2.09. The standard InChI is InChI=1S/C13H19N3O2/c1-10-8-16(9-11-4-2-3-6-14-11)12(5-7-17)13(18)15-10/h2-4,6,10,12,17H,5,7-9H2,1H3,(H,15,18). The summed E-state index contributed by atoms with van der Waals surface area (Å²) >= 11 is 0. The van der Waals surface area contributed by atoms with E-state index in [1.54, 1.807) is 6.20 Å². The monoisotopic (exact) mass is 249 g/mol. The van der Waals surface area contributed by atoms with Gasteiger partial charge in [-0.3, -0.25) is 14.7 Å². The third kappa shape index (κ3) is 3.05.